The summed E-state index contributed by atoms with van der Waals surface area (Å²) >= 11 is 0. The molecule has 0 radical (unpaired) electrons. The normalized spacial score (nSPS) is 18.0. The zero-order valence-electron chi connectivity index (χ0n) is 12.0. The minimum Gasteiger partial charge on any atom is -0.493 e. The van der Waals surface area contributed by atoms with E-state index in [0.29, 0.717) is 35.9 Å². The molecule has 1 amide bonds. The lowest BCUT2D eigenvalue weighted by Crippen LogP contribution is -2.45. The number of carbonyl (C=O) groups is 1. The summed E-state index contributed by atoms with van der Waals surface area (Å²) in [5, 5.41) is 8.89. The lowest BCUT2D eigenvalue weighted by atomic mass is 10.1. The first kappa shape index (κ1) is 14.9. The third-order valence-electron chi connectivity index (χ3n) is 3.28. The fraction of sp³-hybridized carbons (Fsp3) is 0.429. The predicted octanol–water partition coefficient (Wildman–Crippen LogP) is 0.651. The third kappa shape index (κ3) is 3.01. The second kappa shape index (κ2) is 6.33. The van der Waals surface area contributed by atoms with Crippen LogP contribution >= 0.6 is 0 Å². The molecule has 2 N–H and O–H groups in total. The molecular weight excluding hydrogens is 274 g/mol. The fourth-order valence-electron chi connectivity index (χ4n) is 2.16. The highest BCUT2D eigenvalue weighted by Crippen LogP contribution is 2.32. The number of hydrogen-bond acceptors (Lipinski definition) is 6. The Hall–Kier alpha value is -2.46. The number of nitrogen functional groups attached to an aromatic ring is 1. The van der Waals surface area contributed by atoms with Crippen molar-refractivity contribution in [1.29, 1.82) is 5.26 Å². The first-order valence-electron chi connectivity index (χ1n) is 6.42. The largest absolute Gasteiger partial charge is 0.493 e. The molecule has 1 aromatic rings. The summed E-state index contributed by atoms with van der Waals surface area (Å²) in [5.41, 5.74) is 6.54. The fourth-order valence-corrected chi connectivity index (χ4v) is 2.16. The van der Waals surface area contributed by atoms with E-state index in [4.69, 9.17) is 25.2 Å². The van der Waals surface area contributed by atoms with Crippen molar-refractivity contribution in [2.45, 2.75) is 6.10 Å². The zero-order valence-corrected chi connectivity index (χ0v) is 12.0. The Morgan fingerprint density at radius 2 is 2.10 bits per heavy atom. The van der Waals surface area contributed by atoms with Gasteiger partial charge in [0.05, 0.1) is 39.0 Å². The average Bonchev–Trinajstić information content (AvgIpc) is 2.53. The maximum absolute atomic E-state index is 12.5. The number of benzene rings is 1. The second-order valence-corrected chi connectivity index (χ2v) is 4.53. The van der Waals surface area contributed by atoms with Crippen LogP contribution < -0.4 is 15.2 Å². The molecule has 1 unspecified atom stereocenters. The number of hydrogen-bond donors (Lipinski definition) is 1. The van der Waals surface area contributed by atoms with E-state index < -0.39 is 6.10 Å². The van der Waals surface area contributed by atoms with E-state index in [0.717, 1.165) is 0 Å². The van der Waals surface area contributed by atoms with Crippen molar-refractivity contribution in [2.75, 3.05) is 39.6 Å². The van der Waals surface area contributed by atoms with Gasteiger partial charge in [0.2, 0.25) is 0 Å². The molecule has 0 spiro atoms. The van der Waals surface area contributed by atoms with Gasteiger partial charge in [0.15, 0.2) is 17.6 Å². The number of rotatable bonds is 3. The van der Waals surface area contributed by atoms with Gasteiger partial charge in [0, 0.05) is 18.3 Å². The molecule has 0 bridgehead atoms. The van der Waals surface area contributed by atoms with Crippen LogP contribution in [0, 0.1) is 11.3 Å². The Morgan fingerprint density at radius 3 is 2.71 bits per heavy atom. The maximum Gasteiger partial charge on any atom is 0.256 e. The van der Waals surface area contributed by atoms with Gasteiger partial charge in [-0.05, 0) is 6.07 Å². The van der Waals surface area contributed by atoms with Gasteiger partial charge in [-0.15, -0.1) is 0 Å². The summed E-state index contributed by atoms with van der Waals surface area (Å²) in [6.07, 6.45) is -0.607. The van der Waals surface area contributed by atoms with Crippen molar-refractivity contribution >= 4 is 11.6 Å². The summed E-state index contributed by atoms with van der Waals surface area (Å²) in [7, 11) is 2.99. The van der Waals surface area contributed by atoms with E-state index in [1.165, 1.54) is 14.2 Å². The van der Waals surface area contributed by atoms with Gasteiger partial charge in [-0.3, -0.25) is 4.79 Å². The van der Waals surface area contributed by atoms with Gasteiger partial charge in [-0.25, -0.2) is 0 Å². The summed E-state index contributed by atoms with van der Waals surface area (Å²) in [6, 6.07) is 5.10. The van der Waals surface area contributed by atoms with Crippen LogP contribution in [0.15, 0.2) is 12.1 Å². The highest BCUT2D eigenvalue weighted by molar-refractivity contribution is 6.00. The number of nitrogens with two attached hydrogens (primary N) is 1. The monoisotopic (exact) mass is 291 g/mol. The number of nitriles is 1. The molecule has 1 aliphatic heterocycles. The highest BCUT2D eigenvalue weighted by Gasteiger charge is 2.26. The number of carbonyl (C=O) groups excluding carboxylic acids is 1. The first-order chi connectivity index (χ1) is 10.1. The number of nitrogens with zero attached hydrogens (tertiary/aromatic N) is 2. The first-order valence-corrected chi connectivity index (χ1v) is 6.42. The van der Waals surface area contributed by atoms with Crippen LogP contribution in [-0.4, -0.2) is 50.8 Å². The molecule has 1 saturated heterocycles. The minimum absolute atomic E-state index is 0.225. The number of amides is 1. The van der Waals surface area contributed by atoms with Gasteiger partial charge >= 0.3 is 0 Å². The van der Waals surface area contributed by atoms with Crippen LogP contribution in [0.5, 0.6) is 11.5 Å². The summed E-state index contributed by atoms with van der Waals surface area (Å²) < 4.78 is 15.5. The molecule has 7 nitrogen and oxygen atoms in total. The highest BCUT2D eigenvalue weighted by atomic mass is 16.5. The van der Waals surface area contributed by atoms with E-state index >= 15 is 0 Å². The Labute approximate surface area is 122 Å². The maximum atomic E-state index is 12.5. The molecule has 7 heteroatoms. The number of morpholine rings is 1. The van der Waals surface area contributed by atoms with Gasteiger partial charge in [0.25, 0.3) is 5.91 Å². The van der Waals surface area contributed by atoms with Crippen LogP contribution in [0.2, 0.25) is 0 Å². The molecule has 1 fully saturated rings. The van der Waals surface area contributed by atoms with Crippen molar-refractivity contribution in [2.24, 2.45) is 0 Å². The molecule has 0 aliphatic carbocycles. The molecule has 1 aliphatic rings. The smallest absolute Gasteiger partial charge is 0.256 e. The molecule has 0 aromatic heterocycles. The average molecular weight is 291 g/mol. The number of anilines is 1. The van der Waals surface area contributed by atoms with Gasteiger partial charge in [-0.2, -0.15) is 5.26 Å². The molecule has 112 valence electrons. The molecule has 2 rings (SSSR count). The molecular formula is C14H17N3O4. The predicted molar refractivity (Wildman–Crippen MR) is 75.2 cm³/mol. The van der Waals surface area contributed by atoms with E-state index in [1.54, 1.807) is 17.0 Å². The Kier molecular flexibility index (Phi) is 4.50. The topological polar surface area (TPSA) is 97.8 Å². The van der Waals surface area contributed by atoms with Crippen molar-refractivity contribution in [1.82, 2.24) is 4.90 Å². The minimum atomic E-state index is -0.607. The standard InChI is InChI=1S/C14H17N3O4/c1-19-12-5-10(11(16)6-13(12)20-2)14(18)17-3-4-21-9(7-15)8-17/h5-6,9H,3-4,8,16H2,1-2H3. The third-order valence-corrected chi connectivity index (χ3v) is 3.28. The van der Waals surface area contributed by atoms with E-state index in [9.17, 15) is 4.79 Å². The Bertz CT molecular complexity index is 582. The van der Waals surface area contributed by atoms with Gasteiger partial charge in [0.1, 0.15) is 0 Å². The molecule has 1 atom stereocenters. The second-order valence-electron chi connectivity index (χ2n) is 4.53. The van der Waals surface area contributed by atoms with Crippen molar-refractivity contribution < 1.29 is 19.0 Å². The van der Waals surface area contributed by atoms with Crippen molar-refractivity contribution in [3.05, 3.63) is 17.7 Å². The lowest BCUT2D eigenvalue weighted by Gasteiger charge is -2.30. The van der Waals surface area contributed by atoms with Gasteiger partial charge < -0.3 is 24.8 Å². The van der Waals surface area contributed by atoms with Crippen LogP contribution in [0.25, 0.3) is 0 Å². The lowest BCUT2D eigenvalue weighted by molar-refractivity contribution is 0.00350. The molecule has 1 aromatic carbocycles. The van der Waals surface area contributed by atoms with Crippen LogP contribution in [-0.2, 0) is 4.74 Å². The summed E-state index contributed by atoms with van der Waals surface area (Å²) in [6.45, 7) is 0.977. The van der Waals surface area contributed by atoms with Crippen LogP contribution in [0.3, 0.4) is 0 Å². The zero-order chi connectivity index (χ0) is 15.4. The van der Waals surface area contributed by atoms with Crippen molar-refractivity contribution in [3.63, 3.8) is 0 Å². The molecule has 0 saturated carbocycles. The van der Waals surface area contributed by atoms with E-state index in [2.05, 4.69) is 0 Å². The molecule has 1 heterocycles. The van der Waals surface area contributed by atoms with E-state index in [-0.39, 0.29) is 12.5 Å². The van der Waals surface area contributed by atoms with Crippen LogP contribution in [0.1, 0.15) is 10.4 Å². The Morgan fingerprint density at radius 1 is 1.43 bits per heavy atom. The molecule has 21 heavy (non-hydrogen) atoms. The Balaban J connectivity index is 2.29. The summed E-state index contributed by atoms with van der Waals surface area (Å²) in [4.78, 5) is 14.1. The van der Waals surface area contributed by atoms with Crippen molar-refractivity contribution in [3.8, 4) is 17.6 Å². The number of ether oxygens (including phenoxy) is 3. The van der Waals surface area contributed by atoms with Gasteiger partial charge in [-0.1, -0.05) is 0 Å². The van der Waals surface area contributed by atoms with E-state index in [1.807, 2.05) is 6.07 Å². The van der Waals surface area contributed by atoms with Crippen LogP contribution in [0.4, 0.5) is 5.69 Å². The quantitative estimate of drug-likeness (QED) is 0.821. The SMILES string of the molecule is COc1cc(N)c(C(=O)N2CCOC(C#N)C2)cc1OC. The summed E-state index contributed by atoms with van der Waals surface area (Å²) in [5.74, 6) is 0.639. The number of methoxy groups -OCH3 is 2.